The van der Waals surface area contributed by atoms with Crippen molar-refractivity contribution in [3.8, 4) is 11.5 Å². The number of hydrogen-bond donors (Lipinski definition) is 1. The van der Waals surface area contributed by atoms with Gasteiger partial charge in [-0.05, 0) is 24.5 Å². The molecule has 0 bridgehead atoms. The Kier molecular flexibility index (Phi) is 5.31. The average molecular weight is 366 g/mol. The summed E-state index contributed by atoms with van der Waals surface area (Å²) in [5, 5.41) is 3.33. The Hall–Kier alpha value is -1.72. The number of hydrogen-bond acceptors (Lipinski definition) is 4. The minimum Gasteiger partial charge on any atom is -0.486 e. The van der Waals surface area contributed by atoms with Gasteiger partial charge in [0.15, 0.2) is 11.5 Å². The number of carbonyl (C=O) groups is 1. The molecule has 0 unspecified atom stereocenters. The maximum atomic E-state index is 12.6. The molecule has 1 N–H and O–H groups in total. The molecule has 1 amide bonds. The van der Waals surface area contributed by atoms with Crippen molar-refractivity contribution >= 4 is 34.5 Å². The molecular weight excluding hydrogens is 346 g/mol. The summed E-state index contributed by atoms with van der Waals surface area (Å²) < 4.78 is 11.0. The Morgan fingerprint density at radius 3 is 2.58 bits per heavy atom. The van der Waals surface area contributed by atoms with E-state index in [-0.39, 0.29) is 5.91 Å². The van der Waals surface area contributed by atoms with Crippen molar-refractivity contribution in [1.82, 2.24) is 0 Å². The van der Waals surface area contributed by atoms with Gasteiger partial charge in [-0.3, -0.25) is 4.79 Å². The van der Waals surface area contributed by atoms with Gasteiger partial charge in [0.2, 0.25) is 0 Å². The Morgan fingerprint density at radius 1 is 1.21 bits per heavy atom. The lowest BCUT2D eigenvalue weighted by Crippen LogP contribution is -2.16. The highest BCUT2D eigenvalue weighted by Crippen LogP contribution is 2.38. The van der Waals surface area contributed by atoms with E-state index < -0.39 is 0 Å². The summed E-state index contributed by atoms with van der Waals surface area (Å²) in [6, 6.07) is 5.38. The van der Waals surface area contributed by atoms with Crippen LogP contribution < -0.4 is 14.8 Å². The number of rotatable bonds is 5. The first-order valence-electron chi connectivity index (χ1n) is 8.14. The number of amides is 1. The van der Waals surface area contributed by atoms with Crippen molar-refractivity contribution in [2.24, 2.45) is 0 Å². The molecule has 3 rings (SSSR count). The molecule has 0 saturated carbocycles. The second-order valence-corrected chi connectivity index (χ2v) is 7.14. The predicted molar refractivity (Wildman–Crippen MR) is 98.1 cm³/mol. The highest BCUT2D eigenvalue weighted by molar-refractivity contribution is 7.14. The number of benzene rings is 1. The number of halogens is 1. The molecule has 4 nitrogen and oxygen atoms in total. The van der Waals surface area contributed by atoms with Crippen LogP contribution in [-0.2, 0) is 12.8 Å². The van der Waals surface area contributed by atoms with Crippen LogP contribution in [0.25, 0.3) is 0 Å². The summed E-state index contributed by atoms with van der Waals surface area (Å²) >= 11 is 7.82. The molecule has 2 heterocycles. The second kappa shape index (κ2) is 7.45. The van der Waals surface area contributed by atoms with Crippen LogP contribution in [0.4, 0.5) is 5.69 Å². The topological polar surface area (TPSA) is 47.6 Å². The van der Waals surface area contributed by atoms with Crippen LogP contribution in [0.3, 0.4) is 0 Å². The van der Waals surface area contributed by atoms with E-state index in [9.17, 15) is 4.79 Å². The molecule has 24 heavy (non-hydrogen) atoms. The van der Waals surface area contributed by atoms with Gasteiger partial charge in [0.05, 0.1) is 15.6 Å². The lowest BCUT2D eigenvalue weighted by atomic mass is 10.1. The van der Waals surface area contributed by atoms with Gasteiger partial charge in [0, 0.05) is 17.0 Å². The Labute approximate surface area is 150 Å². The Balaban J connectivity index is 1.82. The molecule has 1 aromatic heterocycles. The van der Waals surface area contributed by atoms with Gasteiger partial charge >= 0.3 is 0 Å². The largest absolute Gasteiger partial charge is 0.486 e. The van der Waals surface area contributed by atoms with Crippen molar-refractivity contribution in [3.63, 3.8) is 0 Å². The van der Waals surface area contributed by atoms with Crippen molar-refractivity contribution in [2.75, 3.05) is 18.5 Å². The molecule has 0 aliphatic carbocycles. The zero-order chi connectivity index (χ0) is 17.1. The summed E-state index contributed by atoms with van der Waals surface area (Å²) in [5.41, 5.74) is 1.79. The van der Waals surface area contributed by atoms with Crippen LogP contribution in [-0.4, -0.2) is 19.1 Å². The maximum Gasteiger partial charge on any atom is 0.265 e. The van der Waals surface area contributed by atoms with Crippen molar-refractivity contribution < 1.29 is 14.3 Å². The first-order chi connectivity index (χ1) is 11.6. The van der Waals surface area contributed by atoms with Crippen molar-refractivity contribution in [3.05, 3.63) is 38.5 Å². The van der Waals surface area contributed by atoms with E-state index in [1.807, 2.05) is 6.07 Å². The highest BCUT2D eigenvalue weighted by Gasteiger charge is 2.18. The van der Waals surface area contributed by atoms with Gasteiger partial charge in [-0.2, -0.15) is 0 Å². The number of nitrogens with one attached hydrogen (secondary N) is 1. The fourth-order valence-corrected chi connectivity index (χ4v) is 4.11. The molecule has 1 aliphatic heterocycles. The van der Waals surface area contributed by atoms with E-state index >= 15 is 0 Å². The van der Waals surface area contributed by atoms with Crippen LogP contribution >= 0.6 is 22.9 Å². The van der Waals surface area contributed by atoms with Gasteiger partial charge in [-0.15, -0.1) is 11.3 Å². The summed E-state index contributed by atoms with van der Waals surface area (Å²) in [5.74, 6) is 1.07. The first-order valence-corrected chi connectivity index (χ1v) is 9.33. The molecule has 1 aliphatic rings. The molecule has 6 heteroatoms. The van der Waals surface area contributed by atoms with Gasteiger partial charge < -0.3 is 14.8 Å². The summed E-state index contributed by atoms with van der Waals surface area (Å²) in [7, 11) is 0. The summed E-state index contributed by atoms with van der Waals surface area (Å²) in [4.78, 5) is 14.6. The lowest BCUT2D eigenvalue weighted by molar-refractivity contribution is 0.103. The van der Waals surface area contributed by atoms with E-state index in [1.165, 1.54) is 10.4 Å². The third-order valence-corrected chi connectivity index (χ3v) is 5.41. The van der Waals surface area contributed by atoms with Gasteiger partial charge in [-0.1, -0.05) is 31.9 Å². The SMILES string of the molecule is CCCc1sc(C(=O)Nc2cc3c(cc2Cl)OCCO3)cc1CC. The van der Waals surface area contributed by atoms with Crippen LogP contribution in [0.15, 0.2) is 18.2 Å². The summed E-state index contributed by atoms with van der Waals surface area (Å²) in [6.45, 7) is 5.26. The number of aryl methyl sites for hydroxylation is 2. The highest BCUT2D eigenvalue weighted by atomic mass is 35.5. The number of carbonyl (C=O) groups excluding carboxylic acids is 1. The quantitative estimate of drug-likeness (QED) is 0.816. The third kappa shape index (κ3) is 3.52. The van der Waals surface area contributed by atoms with Crippen LogP contribution in [0.5, 0.6) is 11.5 Å². The van der Waals surface area contributed by atoms with E-state index in [2.05, 4.69) is 19.2 Å². The molecule has 0 radical (unpaired) electrons. The first kappa shape index (κ1) is 17.1. The third-order valence-electron chi connectivity index (χ3n) is 3.86. The molecule has 128 valence electrons. The van der Waals surface area contributed by atoms with Crippen molar-refractivity contribution in [2.45, 2.75) is 33.1 Å². The molecule has 0 fully saturated rings. The zero-order valence-corrected chi connectivity index (χ0v) is 15.4. The van der Waals surface area contributed by atoms with E-state index in [0.29, 0.717) is 40.3 Å². The Morgan fingerprint density at radius 2 is 1.92 bits per heavy atom. The fraction of sp³-hybridized carbons (Fsp3) is 0.389. The van der Waals surface area contributed by atoms with Crippen LogP contribution in [0.1, 0.15) is 40.4 Å². The molecule has 2 aromatic rings. The van der Waals surface area contributed by atoms with Gasteiger partial charge in [-0.25, -0.2) is 0 Å². The minimum atomic E-state index is -0.143. The number of ether oxygens (including phenoxy) is 2. The number of anilines is 1. The van der Waals surface area contributed by atoms with E-state index in [4.69, 9.17) is 21.1 Å². The lowest BCUT2D eigenvalue weighted by Gasteiger charge is -2.19. The number of fused-ring (bicyclic) bond motifs is 1. The van der Waals surface area contributed by atoms with Crippen LogP contribution in [0.2, 0.25) is 5.02 Å². The summed E-state index contributed by atoms with van der Waals surface area (Å²) in [6.07, 6.45) is 3.01. The predicted octanol–water partition coefficient (Wildman–Crippen LogP) is 4.94. The second-order valence-electron chi connectivity index (χ2n) is 5.59. The van der Waals surface area contributed by atoms with E-state index in [0.717, 1.165) is 19.3 Å². The van der Waals surface area contributed by atoms with Crippen molar-refractivity contribution in [1.29, 1.82) is 0 Å². The maximum absolute atomic E-state index is 12.6. The van der Waals surface area contributed by atoms with Gasteiger partial charge in [0.1, 0.15) is 13.2 Å². The Bertz CT molecular complexity index is 757. The smallest absolute Gasteiger partial charge is 0.265 e. The zero-order valence-electron chi connectivity index (χ0n) is 13.8. The molecule has 1 aromatic carbocycles. The molecule has 0 spiro atoms. The standard InChI is InChI=1S/C18H20ClNO3S/c1-3-5-16-11(4-2)8-17(24-16)18(21)20-13-10-15-14(9-12(13)19)22-6-7-23-15/h8-10H,3-7H2,1-2H3,(H,20,21). The van der Waals surface area contributed by atoms with Gasteiger partial charge in [0.25, 0.3) is 5.91 Å². The fourth-order valence-electron chi connectivity index (χ4n) is 2.66. The molecule has 0 atom stereocenters. The normalized spacial score (nSPS) is 13.0. The molecule has 0 saturated heterocycles. The monoisotopic (exact) mass is 365 g/mol. The van der Waals surface area contributed by atoms with Crippen LogP contribution in [0, 0.1) is 0 Å². The average Bonchev–Trinajstić information content (AvgIpc) is 2.99. The minimum absolute atomic E-state index is 0.143. The number of thiophene rings is 1. The molecular formula is C18H20ClNO3S. The van der Waals surface area contributed by atoms with E-state index in [1.54, 1.807) is 23.5 Å².